The summed E-state index contributed by atoms with van der Waals surface area (Å²) in [6, 6.07) is 16.8. The average Bonchev–Trinajstić information content (AvgIpc) is 3.40. The van der Waals surface area contributed by atoms with Crippen LogP contribution in [0, 0.1) is 5.82 Å². The molecule has 1 fully saturated rings. The Morgan fingerprint density at radius 2 is 1.84 bits per heavy atom. The van der Waals surface area contributed by atoms with Crippen LogP contribution in [0.1, 0.15) is 34.7 Å². The predicted octanol–water partition coefficient (Wildman–Crippen LogP) is 4.84. The molecule has 0 spiro atoms. The van der Waals surface area contributed by atoms with Crippen molar-refractivity contribution < 1.29 is 26.7 Å². The lowest BCUT2D eigenvalue weighted by Gasteiger charge is -2.32. The Hall–Kier alpha value is -3.00. The highest BCUT2D eigenvalue weighted by atomic mass is 35.5. The Morgan fingerprint density at radius 1 is 1.11 bits per heavy atom. The SMILES string of the molecule is O=C1CC(c2ccc(C[C@H](NS(=O)(=O)c3cccc(Cl)c3F)c3nc4ccccc4[nH]3)cc2)S(O)(O)N1. The number of para-hydroxylation sites is 2. The van der Waals surface area contributed by atoms with E-state index in [9.17, 15) is 26.7 Å². The smallest absolute Gasteiger partial charge is 0.244 e. The molecular weight excluding hydrogens is 543 g/mol. The Balaban J connectivity index is 1.47. The van der Waals surface area contributed by atoms with E-state index in [2.05, 4.69) is 19.4 Å². The van der Waals surface area contributed by atoms with E-state index >= 15 is 0 Å². The van der Waals surface area contributed by atoms with E-state index in [1.165, 1.54) is 12.1 Å². The van der Waals surface area contributed by atoms with Gasteiger partial charge in [-0.2, -0.15) is 0 Å². The van der Waals surface area contributed by atoms with Crippen molar-refractivity contribution in [2.75, 3.05) is 0 Å². The number of nitrogens with zero attached hydrogens (tertiary/aromatic N) is 1. The van der Waals surface area contributed by atoms with Gasteiger partial charge in [-0.3, -0.25) is 18.6 Å². The molecule has 1 saturated heterocycles. The highest BCUT2D eigenvalue weighted by molar-refractivity contribution is 8.23. The summed E-state index contributed by atoms with van der Waals surface area (Å²) in [5, 5.41) is -1.09. The van der Waals surface area contributed by atoms with Gasteiger partial charge in [0.15, 0.2) is 5.82 Å². The number of hydrogen-bond donors (Lipinski definition) is 5. The van der Waals surface area contributed by atoms with E-state index in [0.717, 1.165) is 6.07 Å². The maximum absolute atomic E-state index is 14.6. The first-order chi connectivity index (χ1) is 17.5. The number of H-pyrrole nitrogens is 1. The summed E-state index contributed by atoms with van der Waals surface area (Å²) in [5.74, 6) is -1.17. The zero-order valence-corrected chi connectivity index (χ0v) is 21.4. The fourth-order valence-electron chi connectivity index (χ4n) is 4.25. The first kappa shape index (κ1) is 25.6. The highest BCUT2D eigenvalue weighted by Gasteiger charge is 2.38. The molecule has 1 aromatic heterocycles. The molecule has 37 heavy (non-hydrogen) atoms. The van der Waals surface area contributed by atoms with E-state index in [1.807, 2.05) is 6.07 Å². The number of halogens is 2. The summed E-state index contributed by atoms with van der Waals surface area (Å²) in [4.78, 5) is 18.7. The van der Waals surface area contributed by atoms with Crippen molar-refractivity contribution >= 4 is 49.3 Å². The standard InChI is InChI=1S/C24H22ClFN4O5S2/c25-16-4-3-7-20(23(16)26)36(32,33)29-19(24-27-17-5-1-2-6-18(17)28-24)12-14-8-10-15(11-9-14)21-13-22(31)30-37(21,34)35/h1-11,19,21,29,34-35H,12-13H2,(H,27,28)(H,30,31)/t19-,21?/m0/s1. The van der Waals surface area contributed by atoms with Gasteiger partial charge >= 0.3 is 0 Å². The van der Waals surface area contributed by atoms with Crippen LogP contribution < -0.4 is 9.44 Å². The van der Waals surface area contributed by atoms with E-state index in [1.54, 1.807) is 42.5 Å². The first-order valence-electron chi connectivity index (χ1n) is 11.1. The molecule has 1 aliphatic heterocycles. The van der Waals surface area contributed by atoms with Gasteiger partial charge in [-0.05, 0) is 41.8 Å². The van der Waals surface area contributed by atoms with Crippen LogP contribution in [0.25, 0.3) is 11.0 Å². The number of aromatic nitrogens is 2. The van der Waals surface area contributed by atoms with Gasteiger partial charge in [0.05, 0.1) is 28.5 Å². The van der Waals surface area contributed by atoms with Crippen LogP contribution in [0.2, 0.25) is 5.02 Å². The summed E-state index contributed by atoms with van der Waals surface area (Å²) in [7, 11) is -7.64. The van der Waals surface area contributed by atoms with Crippen molar-refractivity contribution in [3.05, 3.63) is 94.5 Å². The Labute approximate surface area is 218 Å². The van der Waals surface area contributed by atoms with Crippen molar-refractivity contribution in [3.8, 4) is 0 Å². The van der Waals surface area contributed by atoms with Gasteiger partial charge in [-0.1, -0.05) is 54.1 Å². The number of nitrogens with one attached hydrogen (secondary N) is 3. The highest BCUT2D eigenvalue weighted by Crippen LogP contribution is 2.56. The molecule has 9 nitrogen and oxygen atoms in total. The Kier molecular flexibility index (Phi) is 6.73. The van der Waals surface area contributed by atoms with Gasteiger partial charge < -0.3 is 4.98 Å². The second kappa shape index (κ2) is 9.71. The molecule has 0 aliphatic carbocycles. The topological polar surface area (TPSA) is 144 Å². The van der Waals surface area contributed by atoms with E-state index < -0.39 is 48.7 Å². The predicted molar refractivity (Wildman–Crippen MR) is 139 cm³/mol. The number of amides is 1. The number of imidazole rings is 1. The quantitative estimate of drug-likeness (QED) is 0.217. The number of carbonyl (C=O) groups is 1. The lowest BCUT2D eigenvalue weighted by atomic mass is 10.0. The molecule has 2 heterocycles. The van der Waals surface area contributed by atoms with E-state index in [0.29, 0.717) is 28.0 Å². The van der Waals surface area contributed by atoms with Crippen molar-refractivity contribution in [2.45, 2.75) is 29.0 Å². The molecule has 2 atom stereocenters. The molecule has 0 bridgehead atoms. The summed E-state index contributed by atoms with van der Waals surface area (Å²) < 4.78 is 66.0. The minimum absolute atomic E-state index is 0.0473. The summed E-state index contributed by atoms with van der Waals surface area (Å²) in [6.45, 7) is 0. The molecule has 0 radical (unpaired) electrons. The maximum Gasteiger partial charge on any atom is 0.244 e. The van der Waals surface area contributed by atoms with Gasteiger partial charge in [0.2, 0.25) is 15.9 Å². The summed E-state index contributed by atoms with van der Waals surface area (Å²) in [5.41, 5.74) is 2.59. The molecule has 0 saturated carbocycles. The van der Waals surface area contributed by atoms with Crippen molar-refractivity contribution in [1.29, 1.82) is 0 Å². The van der Waals surface area contributed by atoms with Crippen molar-refractivity contribution in [1.82, 2.24) is 19.4 Å². The third-order valence-electron chi connectivity index (χ3n) is 6.06. The molecule has 1 aliphatic rings. The Bertz CT molecular complexity index is 1560. The molecule has 1 amide bonds. The van der Waals surface area contributed by atoms with Crippen LogP contribution in [0.15, 0.2) is 71.6 Å². The van der Waals surface area contributed by atoms with Crippen LogP contribution in [0.3, 0.4) is 0 Å². The number of rotatable bonds is 7. The van der Waals surface area contributed by atoms with Crippen LogP contribution in [0.4, 0.5) is 4.39 Å². The van der Waals surface area contributed by atoms with Crippen molar-refractivity contribution in [3.63, 3.8) is 0 Å². The summed E-state index contributed by atoms with van der Waals surface area (Å²) in [6.07, 6.45) is 0.0912. The Morgan fingerprint density at radius 3 is 2.51 bits per heavy atom. The number of aromatic amines is 1. The second-order valence-electron chi connectivity index (χ2n) is 8.62. The lowest BCUT2D eigenvalue weighted by molar-refractivity contribution is -0.118. The molecular formula is C24H22ClFN4O5S2. The number of fused-ring (bicyclic) bond motifs is 1. The second-order valence-corrected chi connectivity index (χ2v) is 12.7. The zero-order chi connectivity index (χ0) is 26.4. The minimum atomic E-state index is -4.34. The number of benzene rings is 3. The molecule has 5 rings (SSSR count). The lowest BCUT2D eigenvalue weighted by Crippen LogP contribution is -2.31. The molecule has 194 valence electrons. The fourth-order valence-corrected chi connectivity index (χ4v) is 7.26. The number of carbonyl (C=O) groups excluding carboxylic acids is 1. The van der Waals surface area contributed by atoms with Gasteiger partial charge in [0.1, 0.15) is 16.0 Å². The molecule has 3 aromatic carbocycles. The van der Waals surface area contributed by atoms with Gasteiger partial charge in [-0.15, -0.1) is 10.8 Å². The van der Waals surface area contributed by atoms with Gasteiger partial charge in [-0.25, -0.2) is 22.5 Å². The van der Waals surface area contributed by atoms with Gasteiger partial charge in [0.25, 0.3) is 0 Å². The molecule has 5 N–H and O–H groups in total. The number of sulfonamides is 1. The number of hydrogen-bond acceptors (Lipinski definition) is 6. The third kappa shape index (κ3) is 5.21. The minimum Gasteiger partial charge on any atom is -0.341 e. The van der Waals surface area contributed by atoms with Gasteiger partial charge in [0, 0.05) is 0 Å². The van der Waals surface area contributed by atoms with Crippen molar-refractivity contribution in [2.24, 2.45) is 0 Å². The zero-order valence-electron chi connectivity index (χ0n) is 19.1. The normalized spacial score (nSPS) is 19.0. The monoisotopic (exact) mass is 564 g/mol. The van der Waals surface area contributed by atoms with Crippen LogP contribution >= 0.6 is 22.4 Å². The molecule has 13 heteroatoms. The van der Waals surface area contributed by atoms with E-state index in [4.69, 9.17) is 11.6 Å². The van der Waals surface area contributed by atoms with Crippen LogP contribution in [-0.2, 0) is 21.2 Å². The fraction of sp³-hybridized carbons (Fsp3) is 0.167. The molecule has 1 unspecified atom stereocenters. The third-order valence-corrected chi connectivity index (χ3v) is 9.61. The average molecular weight is 565 g/mol. The maximum atomic E-state index is 14.6. The first-order valence-corrected chi connectivity index (χ1v) is 14.6. The summed E-state index contributed by atoms with van der Waals surface area (Å²) >= 11 is 5.81. The largest absolute Gasteiger partial charge is 0.341 e. The van der Waals surface area contributed by atoms with Crippen LogP contribution in [-0.4, -0.2) is 33.4 Å². The van der Waals surface area contributed by atoms with Crippen LogP contribution in [0.5, 0.6) is 0 Å². The molecule has 4 aromatic rings. The van der Waals surface area contributed by atoms with E-state index in [-0.39, 0.29) is 17.9 Å².